The standard InChI is InChI=1S/C28H24N4O2S/c33-26-17-32(11-10-29-26)16-19-8-9-20-15-25-27(30-31-28(25)24(20)13-19)21-14-23(35-18-21)7-4-12-34-22-5-2-1-3-6-22/h1-3,5-6,8-9,13-14,18H,10-12,15-17H2,(H,29,33)(H,30,31). The molecule has 1 saturated heterocycles. The van der Waals surface area contributed by atoms with Crippen molar-refractivity contribution < 1.29 is 9.53 Å². The van der Waals surface area contributed by atoms with Gasteiger partial charge in [0.2, 0.25) is 5.91 Å². The van der Waals surface area contributed by atoms with Gasteiger partial charge in [0.1, 0.15) is 12.4 Å². The average Bonchev–Trinajstić information content (AvgIpc) is 3.58. The van der Waals surface area contributed by atoms with Gasteiger partial charge in [0.05, 0.1) is 22.8 Å². The number of thiophene rings is 1. The van der Waals surface area contributed by atoms with Crippen molar-refractivity contribution in [1.82, 2.24) is 20.4 Å². The summed E-state index contributed by atoms with van der Waals surface area (Å²) in [4.78, 5) is 14.9. The number of amides is 1. The maximum atomic E-state index is 11.7. The zero-order valence-corrected chi connectivity index (χ0v) is 20.0. The van der Waals surface area contributed by atoms with E-state index < -0.39 is 0 Å². The maximum absolute atomic E-state index is 11.7. The Hall–Kier alpha value is -3.86. The monoisotopic (exact) mass is 480 g/mol. The molecule has 2 aliphatic rings. The Morgan fingerprint density at radius 1 is 1.14 bits per heavy atom. The lowest BCUT2D eigenvalue weighted by molar-refractivity contribution is -0.124. The lowest BCUT2D eigenvalue weighted by atomic mass is 10.0. The van der Waals surface area contributed by atoms with Crippen LogP contribution in [0.3, 0.4) is 0 Å². The summed E-state index contributed by atoms with van der Waals surface area (Å²) in [6.45, 7) is 3.18. The predicted octanol–water partition coefficient (Wildman–Crippen LogP) is 4.07. The fraction of sp³-hybridized carbons (Fsp3) is 0.214. The number of aromatic amines is 1. The van der Waals surface area contributed by atoms with E-state index in [0.717, 1.165) is 47.1 Å². The van der Waals surface area contributed by atoms with E-state index in [0.29, 0.717) is 19.7 Å². The number of rotatable bonds is 5. The number of para-hydroxylation sites is 1. The minimum atomic E-state index is 0.0986. The molecule has 7 heteroatoms. The first-order chi connectivity index (χ1) is 17.2. The summed E-state index contributed by atoms with van der Waals surface area (Å²) in [6.07, 6.45) is 0.866. The number of ether oxygens (including phenoxy) is 1. The molecule has 3 heterocycles. The number of nitrogens with zero attached hydrogens (tertiary/aromatic N) is 2. The number of fused-ring (bicyclic) bond motifs is 3. The van der Waals surface area contributed by atoms with Crippen LogP contribution in [0.15, 0.2) is 60.0 Å². The minimum Gasteiger partial charge on any atom is -0.481 e. The highest BCUT2D eigenvalue weighted by Crippen LogP contribution is 2.41. The molecule has 0 unspecified atom stereocenters. The first-order valence-corrected chi connectivity index (χ1v) is 12.5. The number of H-pyrrole nitrogens is 1. The summed E-state index contributed by atoms with van der Waals surface area (Å²) in [5, 5.41) is 12.9. The number of hydrogen-bond acceptors (Lipinski definition) is 5. The van der Waals surface area contributed by atoms with Crippen LogP contribution < -0.4 is 10.1 Å². The van der Waals surface area contributed by atoms with Crippen LogP contribution in [0.1, 0.15) is 21.6 Å². The Morgan fingerprint density at radius 2 is 2.06 bits per heavy atom. The molecule has 4 aromatic rings. The lowest BCUT2D eigenvalue weighted by Gasteiger charge is -2.26. The topological polar surface area (TPSA) is 70.2 Å². The van der Waals surface area contributed by atoms with E-state index in [4.69, 9.17) is 4.74 Å². The molecule has 0 bridgehead atoms. The Balaban J connectivity index is 1.16. The number of hydrogen-bond donors (Lipinski definition) is 2. The molecule has 2 aromatic heterocycles. The van der Waals surface area contributed by atoms with Crippen molar-refractivity contribution in [3.05, 3.63) is 81.5 Å². The fourth-order valence-electron chi connectivity index (χ4n) is 4.67. The van der Waals surface area contributed by atoms with Crippen LogP contribution in [-0.2, 0) is 17.8 Å². The second-order valence-corrected chi connectivity index (χ2v) is 9.67. The molecule has 1 aliphatic heterocycles. The summed E-state index contributed by atoms with van der Waals surface area (Å²) in [7, 11) is 0. The van der Waals surface area contributed by atoms with Crippen LogP contribution in [0, 0.1) is 11.8 Å². The van der Waals surface area contributed by atoms with Crippen molar-refractivity contribution in [1.29, 1.82) is 0 Å². The summed E-state index contributed by atoms with van der Waals surface area (Å²) >= 11 is 1.62. The molecule has 6 nitrogen and oxygen atoms in total. The van der Waals surface area contributed by atoms with Gasteiger partial charge < -0.3 is 10.1 Å². The van der Waals surface area contributed by atoms with Gasteiger partial charge in [-0.15, -0.1) is 11.3 Å². The fourth-order valence-corrected chi connectivity index (χ4v) is 5.43. The Kier molecular flexibility index (Phi) is 5.83. The lowest BCUT2D eigenvalue weighted by Crippen LogP contribution is -2.47. The molecule has 1 fully saturated rings. The molecule has 174 valence electrons. The molecule has 0 radical (unpaired) electrons. The van der Waals surface area contributed by atoms with Crippen LogP contribution in [0.4, 0.5) is 0 Å². The number of piperazine rings is 1. The molecule has 0 atom stereocenters. The highest BCUT2D eigenvalue weighted by Gasteiger charge is 2.26. The van der Waals surface area contributed by atoms with Gasteiger partial charge in [0.25, 0.3) is 0 Å². The number of benzene rings is 2. The molecule has 6 rings (SSSR count). The van der Waals surface area contributed by atoms with E-state index in [-0.39, 0.29) is 5.91 Å². The van der Waals surface area contributed by atoms with Crippen molar-refractivity contribution in [2.75, 3.05) is 26.2 Å². The first kappa shape index (κ1) is 21.7. The van der Waals surface area contributed by atoms with E-state index >= 15 is 0 Å². The Morgan fingerprint density at radius 3 is 2.94 bits per heavy atom. The second kappa shape index (κ2) is 9.41. The van der Waals surface area contributed by atoms with Gasteiger partial charge in [-0.1, -0.05) is 42.2 Å². The van der Waals surface area contributed by atoms with Crippen molar-refractivity contribution in [3.63, 3.8) is 0 Å². The van der Waals surface area contributed by atoms with E-state index in [1.54, 1.807) is 11.3 Å². The third-order valence-corrected chi connectivity index (χ3v) is 7.19. The number of carbonyl (C=O) groups is 1. The third kappa shape index (κ3) is 4.59. The van der Waals surface area contributed by atoms with Crippen LogP contribution in [-0.4, -0.2) is 47.2 Å². The van der Waals surface area contributed by atoms with E-state index in [1.807, 2.05) is 30.3 Å². The highest BCUT2D eigenvalue weighted by molar-refractivity contribution is 7.11. The summed E-state index contributed by atoms with van der Waals surface area (Å²) in [5.41, 5.74) is 8.16. The molecule has 0 saturated carbocycles. The van der Waals surface area contributed by atoms with Gasteiger partial charge in [0, 0.05) is 48.1 Å². The summed E-state index contributed by atoms with van der Waals surface area (Å²) in [5.74, 6) is 7.23. The Bertz CT molecular complexity index is 1440. The quantitative estimate of drug-likeness (QED) is 0.372. The predicted molar refractivity (Wildman–Crippen MR) is 137 cm³/mol. The molecular weight excluding hydrogens is 456 g/mol. The van der Waals surface area contributed by atoms with Gasteiger partial charge in [-0.2, -0.15) is 5.10 Å². The minimum absolute atomic E-state index is 0.0986. The second-order valence-electron chi connectivity index (χ2n) is 8.76. The van der Waals surface area contributed by atoms with E-state index in [9.17, 15) is 4.79 Å². The summed E-state index contributed by atoms with van der Waals surface area (Å²) in [6, 6.07) is 18.5. The molecule has 35 heavy (non-hydrogen) atoms. The number of aromatic nitrogens is 2. The van der Waals surface area contributed by atoms with Crippen LogP contribution in [0.25, 0.3) is 22.5 Å². The van der Waals surface area contributed by atoms with Gasteiger partial charge in [-0.3, -0.25) is 14.8 Å². The molecule has 2 aromatic carbocycles. The van der Waals surface area contributed by atoms with E-state index in [1.165, 1.54) is 22.3 Å². The molecule has 1 aliphatic carbocycles. The zero-order valence-electron chi connectivity index (χ0n) is 19.1. The third-order valence-electron chi connectivity index (χ3n) is 6.34. The van der Waals surface area contributed by atoms with Crippen molar-refractivity contribution in [2.45, 2.75) is 13.0 Å². The van der Waals surface area contributed by atoms with Crippen molar-refractivity contribution in [2.24, 2.45) is 0 Å². The average molecular weight is 481 g/mol. The van der Waals surface area contributed by atoms with Gasteiger partial charge in [-0.05, 0) is 35.4 Å². The van der Waals surface area contributed by atoms with Crippen molar-refractivity contribution in [3.8, 4) is 40.1 Å². The SMILES string of the molecule is O=C1CN(Cc2ccc3c(c2)-c2[nH]nc(-c4csc(C#CCOc5ccccc5)c4)c2C3)CCN1. The largest absolute Gasteiger partial charge is 0.481 e. The van der Waals surface area contributed by atoms with Gasteiger partial charge >= 0.3 is 0 Å². The van der Waals surface area contributed by atoms with E-state index in [2.05, 4.69) is 61.9 Å². The number of carbonyl (C=O) groups excluding carboxylic acids is 1. The van der Waals surface area contributed by atoms with Gasteiger partial charge in [-0.25, -0.2) is 0 Å². The molecule has 0 spiro atoms. The molecule has 2 N–H and O–H groups in total. The normalized spacial score (nSPS) is 14.6. The number of nitrogens with one attached hydrogen (secondary N) is 2. The van der Waals surface area contributed by atoms with Crippen LogP contribution >= 0.6 is 11.3 Å². The summed E-state index contributed by atoms with van der Waals surface area (Å²) < 4.78 is 5.66. The van der Waals surface area contributed by atoms with Crippen molar-refractivity contribution >= 4 is 17.2 Å². The Labute approximate surface area is 207 Å². The molecule has 1 amide bonds. The van der Waals surface area contributed by atoms with Crippen LogP contribution in [0.5, 0.6) is 5.75 Å². The smallest absolute Gasteiger partial charge is 0.234 e. The molecular formula is C28H24N4O2S. The van der Waals surface area contributed by atoms with Gasteiger partial charge in [0.15, 0.2) is 0 Å². The first-order valence-electron chi connectivity index (χ1n) is 11.7. The van der Waals surface area contributed by atoms with Crippen LogP contribution in [0.2, 0.25) is 0 Å². The highest BCUT2D eigenvalue weighted by atomic mass is 32.1. The maximum Gasteiger partial charge on any atom is 0.234 e. The zero-order chi connectivity index (χ0) is 23.6.